The molecule has 0 unspecified atom stereocenters. The fraction of sp³-hybridized carbons (Fsp3) is 1.00. The second kappa shape index (κ2) is 8.58. The van der Waals surface area contributed by atoms with E-state index in [1.54, 1.807) is 0 Å². The summed E-state index contributed by atoms with van der Waals surface area (Å²) in [7, 11) is -4.17. The fourth-order valence-electron chi connectivity index (χ4n) is 0.226. The topological polar surface area (TPSA) is 127 Å². The van der Waals surface area contributed by atoms with Gasteiger partial charge in [0.1, 0.15) is 6.10 Å². The van der Waals surface area contributed by atoms with Crippen LogP contribution in [0.4, 0.5) is 0 Å². The third kappa shape index (κ3) is 18.7. The molecular weight excluding hydrogens is 203 g/mol. The average Bonchev–Trinajstić information content (AvgIpc) is 2.02. The van der Waals surface area contributed by atoms with Crippen molar-refractivity contribution in [3.63, 3.8) is 0 Å². The summed E-state index contributed by atoms with van der Waals surface area (Å²) in [6.07, 6.45) is -0.954. The van der Waals surface area contributed by atoms with E-state index in [-0.39, 0.29) is 19.8 Å². The van der Waals surface area contributed by atoms with E-state index >= 15 is 0 Å². The van der Waals surface area contributed by atoms with E-state index in [0.29, 0.717) is 0 Å². The summed E-state index contributed by atoms with van der Waals surface area (Å²) in [6, 6.07) is 0. The Bertz CT molecular complexity index is 140. The molecule has 0 spiro atoms. The molecule has 0 aromatic heterocycles. The van der Waals surface area contributed by atoms with Gasteiger partial charge in [-0.25, -0.2) is 4.57 Å². The third-order valence-corrected chi connectivity index (χ3v) is 1.31. The highest BCUT2D eigenvalue weighted by atomic mass is 31.2. The van der Waals surface area contributed by atoms with Crippen LogP contribution < -0.4 is 0 Å². The average molecular weight is 218 g/mol. The van der Waals surface area contributed by atoms with Crippen LogP contribution in [0.25, 0.3) is 0 Å². The Morgan fingerprint density at radius 2 is 1.69 bits per heavy atom. The Hall–Kier alpha value is -0.0100. The van der Waals surface area contributed by atoms with Crippen LogP contribution in [0.5, 0.6) is 0 Å². The lowest BCUT2D eigenvalue weighted by Crippen LogP contribution is -2.15. The van der Waals surface area contributed by atoms with Crippen LogP contribution in [0.3, 0.4) is 0 Å². The van der Waals surface area contributed by atoms with Gasteiger partial charge in [-0.3, -0.25) is 4.52 Å². The molecule has 8 heteroatoms. The van der Waals surface area contributed by atoms with Gasteiger partial charge in [-0.1, -0.05) is 0 Å². The number of aliphatic hydroxyl groups excluding tert-OH is 3. The van der Waals surface area contributed by atoms with E-state index in [0.717, 1.165) is 0 Å². The molecule has 0 aromatic carbocycles. The smallest absolute Gasteiger partial charge is 0.394 e. The summed E-state index contributed by atoms with van der Waals surface area (Å²) in [4.78, 5) is 15.8. The first-order chi connectivity index (χ1) is 5.87. The van der Waals surface area contributed by atoms with Crippen LogP contribution in [0, 0.1) is 0 Å². The minimum Gasteiger partial charge on any atom is -0.394 e. The van der Waals surface area contributed by atoms with Crippen LogP contribution in [0.1, 0.15) is 6.92 Å². The van der Waals surface area contributed by atoms with Crippen molar-refractivity contribution in [1.82, 2.24) is 0 Å². The number of phosphoric ester groups is 1. The van der Waals surface area contributed by atoms with E-state index < -0.39 is 13.9 Å². The minimum atomic E-state index is -4.17. The Morgan fingerprint density at radius 3 is 1.69 bits per heavy atom. The van der Waals surface area contributed by atoms with Crippen molar-refractivity contribution in [3.8, 4) is 0 Å². The standard InChI is InChI=1S/C3H8O3.C2H7O4P/c4-1-3(6)2-5;1-2-6-7(3,4)5/h3-6H,1-2H2;2H2,1H3,(H2,3,4,5). The zero-order valence-corrected chi connectivity index (χ0v) is 8.09. The van der Waals surface area contributed by atoms with Crippen molar-refractivity contribution in [2.24, 2.45) is 0 Å². The Balaban J connectivity index is 0. The zero-order valence-electron chi connectivity index (χ0n) is 7.20. The molecule has 0 fully saturated rings. The van der Waals surface area contributed by atoms with Crippen molar-refractivity contribution in [1.29, 1.82) is 0 Å². The highest BCUT2D eigenvalue weighted by Crippen LogP contribution is 2.34. The normalized spacial score (nSPS) is 11.0. The van der Waals surface area contributed by atoms with Gasteiger partial charge in [0.05, 0.1) is 19.8 Å². The molecule has 0 heterocycles. The highest BCUT2D eigenvalue weighted by Gasteiger charge is 2.10. The molecule has 0 saturated carbocycles. The van der Waals surface area contributed by atoms with Gasteiger partial charge in [-0.15, -0.1) is 0 Å². The van der Waals surface area contributed by atoms with Gasteiger partial charge in [0.25, 0.3) is 0 Å². The van der Waals surface area contributed by atoms with E-state index in [1.807, 2.05) is 0 Å². The minimum absolute atomic E-state index is 0.0459. The predicted octanol–water partition coefficient (Wildman–Crippen LogP) is -1.55. The van der Waals surface area contributed by atoms with Crippen molar-refractivity contribution >= 4 is 7.82 Å². The first kappa shape index (κ1) is 15.5. The van der Waals surface area contributed by atoms with Crippen molar-refractivity contribution in [2.75, 3.05) is 19.8 Å². The van der Waals surface area contributed by atoms with Crippen molar-refractivity contribution < 1.29 is 34.2 Å². The lowest BCUT2D eigenvalue weighted by Gasteiger charge is -1.98. The summed E-state index contributed by atoms with van der Waals surface area (Å²) in [5, 5.41) is 24.0. The van der Waals surface area contributed by atoms with Gasteiger partial charge in [-0.05, 0) is 6.92 Å². The molecule has 5 N–H and O–H groups in total. The van der Waals surface area contributed by atoms with Crippen LogP contribution in [-0.4, -0.2) is 51.0 Å². The number of aliphatic hydroxyl groups is 3. The quantitative estimate of drug-likeness (QED) is 0.361. The van der Waals surface area contributed by atoms with Gasteiger partial charge in [0, 0.05) is 0 Å². The lowest BCUT2D eigenvalue weighted by atomic mass is 10.4. The van der Waals surface area contributed by atoms with Gasteiger partial charge in [0.2, 0.25) is 0 Å². The molecule has 0 rings (SSSR count). The summed E-state index contributed by atoms with van der Waals surface area (Å²) in [6.45, 7) is 0.830. The molecule has 82 valence electrons. The maximum absolute atomic E-state index is 9.70. The number of phosphoric acid groups is 1. The van der Waals surface area contributed by atoms with E-state index in [2.05, 4.69) is 4.52 Å². The first-order valence-electron chi connectivity index (χ1n) is 3.47. The van der Waals surface area contributed by atoms with E-state index in [1.165, 1.54) is 6.92 Å². The second-order valence-electron chi connectivity index (χ2n) is 1.93. The highest BCUT2D eigenvalue weighted by molar-refractivity contribution is 7.46. The maximum atomic E-state index is 9.70. The molecule has 13 heavy (non-hydrogen) atoms. The Labute approximate surface area is 75.8 Å². The molecule has 0 amide bonds. The van der Waals surface area contributed by atoms with Gasteiger partial charge in [0.15, 0.2) is 0 Å². The number of rotatable bonds is 4. The lowest BCUT2D eigenvalue weighted by molar-refractivity contribution is 0.0450. The van der Waals surface area contributed by atoms with Crippen molar-refractivity contribution in [3.05, 3.63) is 0 Å². The summed E-state index contributed by atoms with van der Waals surface area (Å²) in [5.74, 6) is 0. The predicted molar refractivity (Wildman–Crippen MR) is 43.8 cm³/mol. The molecule has 0 aromatic rings. The van der Waals surface area contributed by atoms with Crippen LogP contribution in [0.15, 0.2) is 0 Å². The fourth-order valence-corrected chi connectivity index (χ4v) is 0.562. The largest absolute Gasteiger partial charge is 0.469 e. The van der Waals surface area contributed by atoms with Gasteiger partial charge >= 0.3 is 7.82 Å². The van der Waals surface area contributed by atoms with Gasteiger partial charge in [-0.2, -0.15) is 0 Å². The summed E-state index contributed by atoms with van der Waals surface area (Å²) < 4.78 is 13.6. The first-order valence-corrected chi connectivity index (χ1v) is 5.00. The van der Waals surface area contributed by atoms with Crippen molar-refractivity contribution in [2.45, 2.75) is 13.0 Å². The molecule has 7 nitrogen and oxygen atoms in total. The molecule has 0 saturated heterocycles. The summed E-state index contributed by atoms with van der Waals surface area (Å²) in [5.41, 5.74) is 0. The van der Waals surface area contributed by atoms with Crippen LogP contribution in [0.2, 0.25) is 0 Å². The molecule has 0 aliphatic heterocycles. The summed E-state index contributed by atoms with van der Waals surface area (Å²) >= 11 is 0. The number of hydrogen-bond donors (Lipinski definition) is 5. The van der Waals surface area contributed by atoms with E-state index in [9.17, 15) is 4.57 Å². The molecule has 0 bridgehead atoms. The molecule has 0 radical (unpaired) electrons. The molecule has 0 atom stereocenters. The maximum Gasteiger partial charge on any atom is 0.469 e. The SMILES string of the molecule is CCOP(=O)(O)O.OCC(O)CO. The Morgan fingerprint density at radius 1 is 1.31 bits per heavy atom. The van der Waals surface area contributed by atoms with Crippen LogP contribution in [-0.2, 0) is 9.09 Å². The van der Waals surface area contributed by atoms with Gasteiger partial charge < -0.3 is 25.1 Å². The molecule has 0 aliphatic rings. The van der Waals surface area contributed by atoms with E-state index in [4.69, 9.17) is 25.1 Å². The monoisotopic (exact) mass is 218 g/mol. The number of hydrogen-bond acceptors (Lipinski definition) is 5. The zero-order chi connectivity index (χ0) is 10.9. The Kier molecular flexibility index (Phi) is 10.2. The van der Waals surface area contributed by atoms with Crippen LogP contribution >= 0.6 is 7.82 Å². The third-order valence-electron chi connectivity index (χ3n) is 0.719. The molecule has 0 aliphatic carbocycles. The second-order valence-corrected chi connectivity index (χ2v) is 3.17. The molecular formula is C5H15O7P.